The summed E-state index contributed by atoms with van der Waals surface area (Å²) in [5.41, 5.74) is 4.70. The Morgan fingerprint density at radius 1 is 1.00 bits per heavy atom. The fraction of sp³-hybridized carbons (Fsp3) is 0.211. The zero-order chi connectivity index (χ0) is 16.8. The van der Waals surface area contributed by atoms with Gasteiger partial charge in [0, 0.05) is 12.2 Å². The van der Waals surface area contributed by atoms with Gasteiger partial charge in [-0.2, -0.15) is 10.1 Å². The van der Waals surface area contributed by atoms with Gasteiger partial charge in [0.15, 0.2) is 5.82 Å². The fourth-order valence-electron chi connectivity index (χ4n) is 2.41. The van der Waals surface area contributed by atoms with Crippen LogP contribution in [0.4, 0.5) is 17.5 Å². The van der Waals surface area contributed by atoms with Crippen LogP contribution in [0.3, 0.4) is 0 Å². The van der Waals surface area contributed by atoms with Gasteiger partial charge in [-0.1, -0.05) is 48.9 Å². The number of nitrogens with zero attached hydrogens (tertiary/aromatic N) is 3. The minimum atomic E-state index is 0.480. The third-order valence-corrected chi connectivity index (χ3v) is 3.73. The molecule has 0 fully saturated rings. The summed E-state index contributed by atoms with van der Waals surface area (Å²) in [5.74, 6) is 1.17. The average Bonchev–Trinajstić information content (AvgIpc) is 2.61. The van der Waals surface area contributed by atoms with Crippen molar-refractivity contribution in [1.29, 1.82) is 0 Å². The van der Waals surface area contributed by atoms with Crippen LogP contribution >= 0.6 is 0 Å². The lowest BCUT2D eigenvalue weighted by molar-refractivity contribution is 0.965. The molecule has 3 aromatic rings. The number of anilines is 3. The predicted molar refractivity (Wildman–Crippen MR) is 97.4 cm³/mol. The zero-order valence-corrected chi connectivity index (χ0v) is 14.0. The second-order valence-corrected chi connectivity index (χ2v) is 5.68. The maximum absolute atomic E-state index is 4.45. The van der Waals surface area contributed by atoms with Gasteiger partial charge >= 0.3 is 0 Å². The molecule has 122 valence electrons. The Balaban J connectivity index is 1.65. The zero-order valence-electron chi connectivity index (χ0n) is 14.0. The van der Waals surface area contributed by atoms with Gasteiger partial charge in [-0.15, -0.1) is 5.10 Å². The summed E-state index contributed by atoms with van der Waals surface area (Å²) in [6.07, 6.45) is 2.65. The summed E-state index contributed by atoms with van der Waals surface area (Å²) in [4.78, 5) is 4.45. The molecular formula is C19H21N5. The molecule has 0 saturated carbocycles. The van der Waals surface area contributed by atoms with Crippen molar-refractivity contribution in [2.24, 2.45) is 0 Å². The minimum Gasteiger partial charge on any atom is -0.365 e. The van der Waals surface area contributed by atoms with E-state index in [0.717, 1.165) is 12.1 Å². The first-order valence-electron chi connectivity index (χ1n) is 8.08. The van der Waals surface area contributed by atoms with Gasteiger partial charge in [0.2, 0.25) is 5.95 Å². The van der Waals surface area contributed by atoms with Crippen molar-refractivity contribution in [1.82, 2.24) is 15.2 Å². The predicted octanol–water partition coefficient (Wildman–Crippen LogP) is 4.10. The van der Waals surface area contributed by atoms with E-state index < -0.39 is 0 Å². The number of rotatable bonds is 6. The number of hydrogen-bond donors (Lipinski definition) is 2. The first-order valence-corrected chi connectivity index (χ1v) is 8.08. The van der Waals surface area contributed by atoms with Crippen LogP contribution in [0.1, 0.15) is 23.6 Å². The minimum absolute atomic E-state index is 0.480. The van der Waals surface area contributed by atoms with Crippen molar-refractivity contribution >= 4 is 17.5 Å². The molecule has 0 aliphatic rings. The highest BCUT2D eigenvalue weighted by Gasteiger charge is 2.02. The van der Waals surface area contributed by atoms with Gasteiger partial charge < -0.3 is 10.6 Å². The molecule has 5 heteroatoms. The molecule has 24 heavy (non-hydrogen) atoms. The van der Waals surface area contributed by atoms with E-state index in [1.807, 2.05) is 12.1 Å². The first-order chi connectivity index (χ1) is 11.7. The number of hydrogen-bond acceptors (Lipinski definition) is 5. The molecule has 0 radical (unpaired) electrons. The Kier molecular flexibility index (Phi) is 5.01. The summed E-state index contributed by atoms with van der Waals surface area (Å²) in [5, 5.41) is 14.5. The average molecular weight is 319 g/mol. The molecule has 0 saturated heterocycles. The molecule has 0 aliphatic heterocycles. The van der Waals surface area contributed by atoms with E-state index in [1.54, 1.807) is 6.20 Å². The highest BCUT2D eigenvalue weighted by atomic mass is 15.3. The number of benzene rings is 2. The molecule has 0 spiro atoms. The highest BCUT2D eigenvalue weighted by Crippen LogP contribution is 2.15. The van der Waals surface area contributed by atoms with E-state index in [1.165, 1.54) is 16.7 Å². The standard InChI is InChI=1S/C19H21N5/c1-3-15-7-9-17(10-8-15)22-19-23-18(13-21-24-19)20-12-16-6-4-5-14(2)11-16/h4-11,13H,3,12H2,1-2H3,(H2,20,22,23,24). The third-order valence-electron chi connectivity index (χ3n) is 3.73. The van der Waals surface area contributed by atoms with E-state index in [-0.39, 0.29) is 0 Å². The molecule has 0 bridgehead atoms. The largest absolute Gasteiger partial charge is 0.365 e. The van der Waals surface area contributed by atoms with Crippen LogP contribution in [-0.2, 0) is 13.0 Å². The molecular weight excluding hydrogens is 298 g/mol. The topological polar surface area (TPSA) is 62.7 Å². The van der Waals surface area contributed by atoms with E-state index in [0.29, 0.717) is 18.3 Å². The molecule has 3 rings (SSSR count). The quantitative estimate of drug-likeness (QED) is 0.716. The molecule has 1 heterocycles. The van der Waals surface area contributed by atoms with Crippen LogP contribution in [-0.4, -0.2) is 15.2 Å². The summed E-state index contributed by atoms with van der Waals surface area (Å²) >= 11 is 0. The SMILES string of the molecule is CCc1ccc(Nc2nncc(NCc3cccc(C)c3)n2)cc1. The number of nitrogens with one attached hydrogen (secondary N) is 2. The Hall–Kier alpha value is -2.95. The van der Waals surface area contributed by atoms with Gasteiger partial charge in [-0.05, 0) is 36.6 Å². The lowest BCUT2D eigenvalue weighted by Gasteiger charge is -2.08. The van der Waals surface area contributed by atoms with Crippen LogP contribution in [0.5, 0.6) is 0 Å². The second kappa shape index (κ2) is 7.55. The lowest BCUT2D eigenvalue weighted by Crippen LogP contribution is -2.05. The summed E-state index contributed by atoms with van der Waals surface area (Å²) in [7, 11) is 0. The normalized spacial score (nSPS) is 10.4. The van der Waals surface area contributed by atoms with Crippen LogP contribution in [0, 0.1) is 6.92 Å². The van der Waals surface area contributed by atoms with Crippen LogP contribution < -0.4 is 10.6 Å². The molecule has 2 aromatic carbocycles. The lowest BCUT2D eigenvalue weighted by atomic mass is 10.1. The van der Waals surface area contributed by atoms with Crippen LogP contribution in [0.25, 0.3) is 0 Å². The summed E-state index contributed by atoms with van der Waals surface area (Å²) in [6, 6.07) is 16.6. The first kappa shape index (κ1) is 15.9. The van der Waals surface area contributed by atoms with Gasteiger partial charge in [-0.25, -0.2) is 0 Å². The summed E-state index contributed by atoms with van der Waals surface area (Å²) < 4.78 is 0. The van der Waals surface area contributed by atoms with Gasteiger partial charge in [0.05, 0.1) is 6.20 Å². The van der Waals surface area contributed by atoms with Crippen molar-refractivity contribution in [3.63, 3.8) is 0 Å². The fourth-order valence-corrected chi connectivity index (χ4v) is 2.41. The molecule has 0 unspecified atom stereocenters. The third kappa shape index (κ3) is 4.29. The van der Waals surface area contributed by atoms with Gasteiger partial charge in [-0.3, -0.25) is 0 Å². The maximum Gasteiger partial charge on any atom is 0.249 e. The summed E-state index contributed by atoms with van der Waals surface area (Å²) in [6.45, 7) is 4.92. The van der Waals surface area contributed by atoms with Gasteiger partial charge in [0.25, 0.3) is 0 Å². The molecule has 2 N–H and O–H groups in total. The van der Waals surface area contributed by atoms with E-state index in [4.69, 9.17) is 0 Å². The molecule has 0 amide bonds. The van der Waals surface area contributed by atoms with Crippen molar-refractivity contribution in [2.75, 3.05) is 10.6 Å². The Bertz CT molecular complexity index is 799. The van der Waals surface area contributed by atoms with Crippen molar-refractivity contribution < 1.29 is 0 Å². The van der Waals surface area contributed by atoms with Crippen LogP contribution in [0.15, 0.2) is 54.7 Å². The second-order valence-electron chi connectivity index (χ2n) is 5.68. The van der Waals surface area contributed by atoms with Gasteiger partial charge in [0.1, 0.15) is 0 Å². The highest BCUT2D eigenvalue weighted by molar-refractivity contribution is 5.54. The Morgan fingerprint density at radius 3 is 2.58 bits per heavy atom. The molecule has 0 aliphatic carbocycles. The van der Waals surface area contributed by atoms with Crippen LogP contribution in [0.2, 0.25) is 0 Å². The molecule has 0 atom stereocenters. The smallest absolute Gasteiger partial charge is 0.249 e. The molecule has 1 aromatic heterocycles. The van der Waals surface area contributed by atoms with Crippen molar-refractivity contribution in [3.8, 4) is 0 Å². The van der Waals surface area contributed by atoms with Crippen molar-refractivity contribution in [2.45, 2.75) is 26.8 Å². The van der Waals surface area contributed by atoms with E-state index >= 15 is 0 Å². The molecule has 5 nitrogen and oxygen atoms in total. The van der Waals surface area contributed by atoms with E-state index in [9.17, 15) is 0 Å². The number of aryl methyl sites for hydroxylation is 2. The monoisotopic (exact) mass is 319 g/mol. The number of aromatic nitrogens is 3. The Labute approximate surface area is 142 Å². The Morgan fingerprint density at radius 2 is 1.83 bits per heavy atom. The maximum atomic E-state index is 4.45. The van der Waals surface area contributed by atoms with Crippen molar-refractivity contribution in [3.05, 3.63) is 71.4 Å². The van der Waals surface area contributed by atoms with E-state index in [2.05, 4.69) is 76.1 Å².